The van der Waals surface area contributed by atoms with Gasteiger partial charge in [-0.1, -0.05) is 42.5 Å². The number of aliphatic imine (C=N–C) groups is 1. The van der Waals surface area contributed by atoms with Crippen molar-refractivity contribution in [3.05, 3.63) is 95.6 Å². The highest BCUT2D eigenvalue weighted by atomic mass is 16.5. The van der Waals surface area contributed by atoms with Gasteiger partial charge in [0.1, 0.15) is 0 Å². The van der Waals surface area contributed by atoms with E-state index in [-0.39, 0.29) is 5.75 Å². The van der Waals surface area contributed by atoms with Gasteiger partial charge in [0.05, 0.1) is 18.3 Å². The molecule has 3 atom stereocenters. The Kier molecular flexibility index (Phi) is 5.21. The van der Waals surface area contributed by atoms with Crippen molar-refractivity contribution in [1.82, 2.24) is 0 Å². The summed E-state index contributed by atoms with van der Waals surface area (Å²) in [5.74, 6) is 1.64. The van der Waals surface area contributed by atoms with Gasteiger partial charge in [-0.05, 0) is 72.4 Å². The maximum atomic E-state index is 9.85. The SMILES string of the molecule is CCOc1cc(C=Nc2ccc([C@@H]3Nc4ccccc4[C@H]4C=CC[C@@H]43)cc2)ccc1O. The lowest BCUT2D eigenvalue weighted by Gasteiger charge is -2.37. The van der Waals surface area contributed by atoms with E-state index in [0.29, 0.717) is 30.2 Å². The molecule has 156 valence electrons. The Bertz CT molecular complexity index is 1130. The number of phenolic OH excluding ortho intramolecular Hbond substituents is 1. The molecule has 5 rings (SSSR count). The van der Waals surface area contributed by atoms with Crippen LogP contribution in [0.4, 0.5) is 11.4 Å². The molecule has 0 saturated carbocycles. The summed E-state index contributed by atoms with van der Waals surface area (Å²) in [5.41, 5.74) is 5.71. The summed E-state index contributed by atoms with van der Waals surface area (Å²) in [6.07, 6.45) is 7.58. The van der Waals surface area contributed by atoms with Crippen LogP contribution in [0.5, 0.6) is 11.5 Å². The Hall–Kier alpha value is -3.53. The van der Waals surface area contributed by atoms with E-state index in [4.69, 9.17) is 4.74 Å². The molecule has 0 fully saturated rings. The average molecular weight is 411 g/mol. The Balaban J connectivity index is 1.35. The van der Waals surface area contributed by atoms with E-state index in [1.54, 1.807) is 18.3 Å². The van der Waals surface area contributed by atoms with Gasteiger partial charge >= 0.3 is 0 Å². The molecule has 31 heavy (non-hydrogen) atoms. The summed E-state index contributed by atoms with van der Waals surface area (Å²) < 4.78 is 5.45. The molecule has 0 radical (unpaired) electrons. The highest BCUT2D eigenvalue weighted by Gasteiger charge is 2.37. The second-order valence-corrected chi connectivity index (χ2v) is 8.07. The van der Waals surface area contributed by atoms with Gasteiger partial charge < -0.3 is 15.2 Å². The number of nitrogens with zero attached hydrogens (tertiary/aromatic N) is 1. The third kappa shape index (κ3) is 3.81. The number of hydrogen-bond acceptors (Lipinski definition) is 4. The maximum absolute atomic E-state index is 9.85. The molecule has 0 bridgehead atoms. The van der Waals surface area contributed by atoms with E-state index >= 15 is 0 Å². The smallest absolute Gasteiger partial charge is 0.161 e. The number of aromatic hydroxyl groups is 1. The molecule has 4 heteroatoms. The molecule has 0 aromatic heterocycles. The van der Waals surface area contributed by atoms with Crippen LogP contribution in [0.1, 0.15) is 42.0 Å². The van der Waals surface area contributed by atoms with Crippen LogP contribution in [-0.4, -0.2) is 17.9 Å². The number of hydrogen-bond donors (Lipinski definition) is 2. The van der Waals surface area contributed by atoms with E-state index in [1.807, 2.05) is 13.0 Å². The molecule has 4 nitrogen and oxygen atoms in total. The first kappa shape index (κ1) is 19.4. The van der Waals surface area contributed by atoms with Crippen molar-refractivity contribution in [3.8, 4) is 11.5 Å². The highest BCUT2D eigenvalue weighted by Crippen LogP contribution is 2.49. The van der Waals surface area contributed by atoms with Crippen LogP contribution in [0.15, 0.2) is 83.9 Å². The Morgan fingerprint density at radius 1 is 1.10 bits per heavy atom. The number of phenols is 1. The largest absolute Gasteiger partial charge is 0.504 e. The summed E-state index contributed by atoms with van der Waals surface area (Å²) in [5, 5.41) is 13.6. The number of anilines is 1. The van der Waals surface area contributed by atoms with E-state index < -0.39 is 0 Å². The molecule has 0 saturated heterocycles. The standard InChI is InChI=1S/C27H26N2O2/c1-2-31-26-16-18(10-15-25(26)30)17-28-20-13-11-19(12-14-20)27-23-8-5-7-21(23)22-6-3-4-9-24(22)29-27/h3-7,9-17,21,23,27,29-30H,2,8H2,1H3/t21-,23+,27+/m1/s1. The quantitative estimate of drug-likeness (QED) is 0.380. The number of benzene rings is 3. The van der Waals surface area contributed by atoms with E-state index in [0.717, 1.165) is 17.7 Å². The van der Waals surface area contributed by atoms with Gasteiger partial charge in [-0.15, -0.1) is 0 Å². The predicted molar refractivity (Wildman–Crippen MR) is 126 cm³/mol. The molecule has 3 aromatic rings. The van der Waals surface area contributed by atoms with Crippen molar-refractivity contribution < 1.29 is 9.84 Å². The van der Waals surface area contributed by atoms with E-state index in [2.05, 4.69) is 71.0 Å². The highest BCUT2D eigenvalue weighted by molar-refractivity contribution is 5.83. The van der Waals surface area contributed by atoms with Crippen LogP contribution >= 0.6 is 0 Å². The first-order valence-corrected chi connectivity index (χ1v) is 10.8. The molecule has 2 aliphatic rings. The van der Waals surface area contributed by atoms with Gasteiger partial charge in [-0.3, -0.25) is 4.99 Å². The fourth-order valence-corrected chi connectivity index (χ4v) is 4.67. The van der Waals surface area contributed by atoms with Gasteiger partial charge in [0.15, 0.2) is 11.5 Å². The van der Waals surface area contributed by atoms with Gasteiger partial charge in [0, 0.05) is 17.8 Å². The predicted octanol–water partition coefficient (Wildman–Crippen LogP) is 6.37. The zero-order chi connectivity index (χ0) is 21.2. The molecule has 0 unspecified atom stereocenters. The van der Waals surface area contributed by atoms with Crippen LogP contribution in [0.25, 0.3) is 0 Å². The summed E-state index contributed by atoms with van der Waals surface area (Å²) in [6.45, 7) is 2.40. The van der Waals surface area contributed by atoms with E-state index in [1.165, 1.54) is 16.8 Å². The normalized spacial score (nSPS) is 21.5. The second kappa shape index (κ2) is 8.31. The van der Waals surface area contributed by atoms with Crippen LogP contribution in [-0.2, 0) is 0 Å². The molecule has 0 spiro atoms. The Labute approximate surface area is 182 Å². The minimum absolute atomic E-state index is 0.143. The average Bonchev–Trinajstić information content (AvgIpc) is 3.30. The second-order valence-electron chi connectivity index (χ2n) is 8.07. The molecule has 1 heterocycles. The summed E-state index contributed by atoms with van der Waals surface area (Å²) >= 11 is 0. The fourth-order valence-electron chi connectivity index (χ4n) is 4.67. The molecule has 0 amide bonds. The Morgan fingerprint density at radius 3 is 2.77 bits per heavy atom. The van der Waals surface area contributed by atoms with Crippen molar-refractivity contribution in [2.24, 2.45) is 10.9 Å². The zero-order valence-corrected chi connectivity index (χ0v) is 17.5. The van der Waals surface area contributed by atoms with Crippen LogP contribution in [0.3, 0.4) is 0 Å². The molecule has 1 aliphatic carbocycles. The number of rotatable bonds is 5. The first-order chi connectivity index (χ1) is 15.2. The lowest BCUT2D eigenvalue weighted by molar-refractivity contribution is 0.318. The zero-order valence-electron chi connectivity index (χ0n) is 17.5. The summed E-state index contributed by atoms with van der Waals surface area (Å²) in [6, 6.07) is 22.7. The van der Waals surface area contributed by atoms with Crippen molar-refractivity contribution in [1.29, 1.82) is 0 Å². The molecule has 1 aliphatic heterocycles. The van der Waals surface area contributed by atoms with Gasteiger partial charge in [0.2, 0.25) is 0 Å². The Morgan fingerprint density at radius 2 is 1.94 bits per heavy atom. The fraction of sp³-hybridized carbons (Fsp3) is 0.222. The van der Waals surface area contributed by atoms with Crippen LogP contribution in [0.2, 0.25) is 0 Å². The molecule has 2 N–H and O–H groups in total. The maximum Gasteiger partial charge on any atom is 0.161 e. The third-order valence-electron chi connectivity index (χ3n) is 6.17. The lowest BCUT2D eigenvalue weighted by atomic mass is 9.77. The van der Waals surface area contributed by atoms with Crippen molar-refractivity contribution >= 4 is 17.6 Å². The number of para-hydroxylation sites is 1. The molecular formula is C27H26N2O2. The van der Waals surface area contributed by atoms with Gasteiger partial charge in [-0.25, -0.2) is 0 Å². The monoisotopic (exact) mass is 410 g/mol. The minimum atomic E-state index is 0.143. The van der Waals surface area contributed by atoms with Crippen molar-refractivity contribution in [3.63, 3.8) is 0 Å². The minimum Gasteiger partial charge on any atom is -0.504 e. The van der Waals surface area contributed by atoms with Gasteiger partial charge in [0.25, 0.3) is 0 Å². The van der Waals surface area contributed by atoms with Crippen LogP contribution < -0.4 is 10.1 Å². The number of ether oxygens (including phenoxy) is 1. The van der Waals surface area contributed by atoms with Crippen molar-refractivity contribution in [2.75, 3.05) is 11.9 Å². The summed E-state index contributed by atoms with van der Waals surface area (Å²) in [7, 11) is 0. The molecule has 3 aromatic carbocycles. The topological polar surface area (TPSA) is 53.8 Å². The number of fused-ring (bicyclic) bond motifs is 3. The van der Waals surface area contributed by atoms with Crippen molar-refractivity contribution in [2.45, 2.75) is 25.3 Å². The van der Waals surface area contributed by atoms with Crippen LogP contribution in [0, 0.1) is 5.92 Å². The lowest BCUT2D eigenvalue weighted by Crippen LogP contribution is -2.28. The van der Waals surface area contributed by atoms with E-state index in [9.17, 15) is 5.11 Å². The van der Waals surface area contributed by atoms with Gasteiger partial charge in [-0.2, -0.15) is 0 Å². The number of nitrogens with one attached hydrogen (secondary N) is 1. The number of allylic oxidation sites excluding steroid dienone is 2. The molecular weight excluding hydrogens is 384 g/mol. The summed E-state index contributed by atoms with van der Waals surface area (Å²) in [4.78, 5) is 4.60. The first-order valence-electron chi connectivity index (χ1n) is 10.8. The third-order valence-corrected chi connectivity index (χ3v) is 6.17.